The molecule has 3 N–H and O–H groups in total. The Morgan fingerprint density at radius 1 is 1.03 bits per heavy atom. The number of imidazole rings is 1. The highest BCUT2D eigenvalue weighted by Gasteiger charge is 2.25. The van der Waals surface area contributed by atoms with Crippen molar-refractivity contribution in [1.82, 2.24) is 9.55 Å². The van der Waals surface area contributed by atoms with Gasteiger partial charge in [0.05, 0.1) is 23.7 Å². The number of nitrogens with two attached hydrogens (primary N) is 1. The summed E-state index contributed by atoms with van der Waals surface area (Å²) in [5, 5.41) is 10.7. The molecule has 4 aromatic rings. The number of aromatic nitrogens is 2. The van der Waals surface area contributed by atoms with E-state index in [0.29, 0.717) is 23.8 Å². The highest BCUT2D eigenvalue weighted by molar-refractivity contribution is 6.30. The van der Waals surface area contributed by atoms with E-state index in [1.807, 2.05) is 54.6 Å². The van der Waals surface area contributed by atoms with Crippen LogP contribution in [-0.4, -0.2) is 33.9 Å². The Kier molecular flexibility index (Phi) is 5.18. The molecule has 2 heterocycles. The van der Waals surface area contributed by atoms with E-state index in [4.69, 9.17) is 27.1 Å². The van der Waals surface area contributed by atoms with Crippen LogP contribution in [0.15, 0.2) is 66.7 Å². The first kappa shape index (κ1) is 19.7. The van der Waals surface area contributed by atoms with Gasteiger partial charge in [0.15, 0.2) is 0 Å². The third-order valence-corrected chi connectivity index (χ3v) is 5.76. The van der Waals surface area contributed by atoms with E-state index in [1.54, 1.807) is 12.1 Å². The molecule has 1 aliphatic rings. The summed E-state index contributed by atoms with van der Waals surface area (Å²) >= 11 is 5.93. The SMILES string of the molecule is Nc1ccc2nc(N3CCC(O)C3)n(Cc3ccc(Oc4ccc(Cl)cc4)cc3)c2c1. The maximum Gasteiger partial charge on any atom is 0.206 e. The van der Waals surface area contributed by atoms with E-state index < -0.39 is 0 Å². The minimum atomic E-state index is -0.317. The van der Waals surface area contributed by atoms with Crippen molar-refractivity contribution in [3.05, 3.63) is 77.3 Å². The molecule has 1 aliphatic heterocycles. The van der Waals surface area contributed by atoms with Crippen LogP contribution < -0.4 is 15.4 Å². The van der Waals surface area contributed by atoms with E-state index in [1.165, 1.54) is 0 Å². The fourth-order valence-corrected chi connectivity index (χ4v) is 4.06. The molecule has 0 spiro atoms. The summed E-state index contributed by atoms with van der Waals surface area (Å²) in [4.78, 5) is 6.97. The standard InChI is InChI=1S/C24H23ClN4O2/c25-17-3-8-21(9-4-17)31-20-6-1-16(2-7-20)14-29-23-13-18(26)5-10-22(23)27-24(29)28-12-11-19(30)15-28/h1-10,13,19,30H,11-12,14-15,26H2. The fourth-order valence-electron chi connectivity index (χ4n) is 3.93. The Hall–Kier alpha value is -3.22. The molecule has 158 valence electrons. The van der Waals surface area contributed by atoms with Crippen LogP contribution in [0.1, 0.15) is 12.0 Å². The van der Waals surface area contributed by atoms with Gasteiger partial charge in [0.1, 0.15) is 11.5 Å². The zero-order valence-corrected chi connectivity index (χ0v) is 17.7. The lowest BCUT2D eigenvalue weighted by Gasteiger charge is -2.19. The number of benzene rings is 3. The lowest BCUT2D eigenvalue weighted by Crippen LogP contribution is -2.25. The Balaban J connectivity index is 1.42. The van der Waals surface area contributed by atoms with Crippen molar-refractivity contribution in [1.29, 1.82) is 0 Å². The van der Waals surface area contributed by atoms with Crippen LogP contribution in [0.25, 0.3) is 11.0 Å². The normalized spacial score (nSPS) is 16.2. The Labute approximate surface area is 185 Å². The quantitative estimate of drug-likeness (QED) is 0.446. The number of β-amino-alcohol motifs (C(OH)–C–C–N with tert-alkyl or cyclic N) is 1. The first-order chi connectivity index (χ1) is 15.0. The molecule has 0 bridgehead atoms. The smallest absolute Gasteiger partial charge is 0.206 e. The van der Waals surface area contributed by atoms with Crippen LogP contribution in [0, 0.1) is 0 Å². The molecule has 3 aromatic carbocycles. The highest BCUT2D eigenvalue weighted by atomic mass is 35.5. The zero-order chi connectivity index (χ0) is 21.4. The highest BCUT2D eigenvalue weighted by Crippen LogP contribution is 2.29. The molecule has 6 nitrogen and oxygen atoms in total. The van der Waals surface area contributed by atoms with Crippen molar-refractivity contribution in [2.45, 2.75) is 19.1 Å². The minimum absolute atomic E-state index is 0.317. The Morgan fingerprint density at radius 2 is 1.74 bits per heavy atom. The van der Waals surface area contributed by atoms with Crippen molar-refractivity contribution in [2.24, 2.45) is 0 Å². The summed E-state index contributed by atoms with van der Waals surface area (Å²) in [5.41, 5.74) is 9.75. The minimum Gasteiger partial charge on any atom is -0.457 e. The second-order valence-electron chi connectivity index (χ2n) is 7.83. The predicted octanol–water partition coefficient (Wildman–Crippen LogP) is 4.68. The van der Waals surface area contributed by atoms with E-state index in [9.17, 15) is 5.11 Å². The molecule has 0 saturated carbocycles. The number of hydrogen-bond acceptors (Lipinski definition) is 5. The lowest BCUT2D eigenvalue weighted by atomic mass is 10.2. The molecule has 1 unspecified atom stereocenters. The van der Waals surface area contributed by atoms with E-state index >= 15 is 0 Å². The van der Waals surface area contributed by atoms with Gasteiger partial charge in [-0.25, -0.2) is 4.98 Å². The topological polar surface area (TPSA) is 76.5 Å². The lowest BCUT2D eigenvalue weighted by molar-refractivity contribution is 0.198. The second-order valence-corrected chi connectivity index (χ2v) is 8.27. The Bertz CT molecular complexity index is 1200. The van der Waals surface area contributed by atoms with Gasteiger partial charge in [-0.15, -0.1) is 0 Å². The van der Waals surface area contributed by atoms with E-state index in [0.717, 1.165) is 47.0 Å². The molecular weight excluding hydrogens is 412 g/mol. The first-order valence-electron chi connectivity index (χ1n) is 10.3. The number of halogens is 1. The number of anilines is 2. The number of nitrogen functional groups attached to an aromatic ring is 1. The van der Waals surface area contributed by atoms with Gasteiger partial charge in [-0.2, -0.15) is 0 Å². The van der Waals surface area contributed by atoms with Gasteiger partial charge in [-0.3, -0.25) is 0 Å². The van der Waals surface area contributed by atoms with Gasteiger partial charge in [0.25, 0.3) is 0 Å². The van der Waals surface area contributed by atoms with E-state index in [-0.39, 0.29) is 6.10 Å². The van der Waals surface area contributed by atoms with Crippen molar-refractivity contribution in [3.63, 3.8) is 0 Å². The van der Waals surface area contributed by atoms with Crippen LogP contribution in [0.4, 0.5) is 11.6 Å². The third kappa shape index (κ3) is 4.17. The summed E-state index contributed by atoms with van der Waals surface area (Å²) in [7, 11) is 0. The largest absolute Gasteiger partial charge is 0.457 e. The average Bonchev–Trinajstić information content (AvgIpc) is 3.35. The molecule has 1 saturated heterocycles. The van der Waals surface area contributed by atoms with Crippen LogP contribution in [0.2, 0.25) is 5.02 Å². The molecule has 5 rings (SSSR count). The molecule has 1 fully saturated rings. The number of fused-ring (bicyclic) bond motifs is 1. The summed E-state index contributed by atoms with van der Waals surface area (Å²) in [6.45, 7) is 2.02. The maximum atomic E-state index is 10.0. The Morgan fingerprint density at radius 3 is 2.42 bits per heavy atom. The number of rotatable bonds is 5. The molecule has 31 heavy (non-hydrogen) atoms. The zero-order valence-electron chi connectivity index (χ0n) is 16.9. The molecule has 7 heteroatoms. The molecule has 1 aromatic heterocycles. The molecular formula is C24H23ClN4O2. The molecule has 0 aliphatic carbocycles. The van der Waals surface area contributed by atoms with Gasteiger partial charge in [0, 0.05) is 23.8 Å². The van der Waals surface area contributed by atoms with Crippen LogP contribution >= 0.6 is 11.6 Å². The fraction of sp³-hybridized carbons (Fsp3) is 0.208. The third-order valence-electron chi connectivity index (χ3n) is 5.51. The number of ether oxygens (including phenoxy) is 1. The van der Waals surface area contributed by atoms with E-state index in [2.05, 4.69) is 9.47 Å². The van der Waals surface area contributed by atoms with Crippen LogP contribution in [0.3, 0.4) is 0 Å². The summed E-state index contributed by atoms with van der Waals surface area (Å²) < 4.78 is 8.06. The van der Waals surface area contributed by atoms with Gasteiger partial charge in [0.2, 0.25) is 5.95 Å². The van der Waals surface area contributed by atoms with Gasteiger partial charge < -0.3 is 25.0 Å². The number of aliphatic hydroxyl groups excluding tert-OH is 1. The number of nitrogens with zero attached hydrogens (tertiary/aromatic N) is 3. The molecule has 1 atom stereocenters. The molecule has 0 amide bonds. The van der Waals surface area contributed by atoms with Gasteiger partial charge in [-0.1, -0.05) is 23.7 Å². The first-order valence-corrected chi connectivity index (χ1v) is 10.6. The second kappa shape index (κ2) is 8.13. The van der Waals surface area contributed by atoms with Gasteiger partial charge >= 0.3 is 0 Å². The maximum absolute atomic E-state index is 10.0. The van der Waals surface area contributed by atoms with Crippen molar-refractivity contribution < 1.29 is 9.84 Å². The summed E-state index contributed by atoms with van der Waals surface area (Å²) in [6, 6.07) is 21.1. The van der Waals surface area contributed by atoms with Gasteiger partial charge in [-0.05, 0) is 66.6 Å². The predicted molar refractivity (Wildman–Crippen MR) is 124 cm³/mol. The van der Waals surface area contributed by atoms with Crippen molar-refractivity contribution >= 4 is 34.3 Å². The van der Waals surface area contributed by atoms with Crippen molar-refractivity contribution in [3.8, 4) is 11.5 Å². The summed E-state index contributed by atoms with van der Waals surface area (Å²) in [6.07, 6.45) is 0.435. The summed E-state index contributed by atoms with van der Waals surface area (Å²) in [5.74, 6) is 2.36. The average molecular weight is 435 g/mol. The number of aliphatic hydroxyl groups is 1. The number of hydrogen-bond donors (Lipinski definition) is 2. The van der Waals surface area contributed by atoms with Crippen molar-refractivity contribution in [2.75, 3.05) is 23.7 Å². The molecule has 0 radical (unpaired) electrons. The van der Waals surface area contributed by atoms with Crippen LogP contribution in [0.5, 0.6) is 11.5 Å². The monoisotopic (exact) mass is 434 g/mol. The van der Waals surface area contributed by atoms with Crippen LogP contribution in [-0.2, 0) is 6.54 Å².